The zero-order valence-corrected chi connectivity index (χ0v) is 13.6. The normalized spacial score (nSPS) is 25.1. The minimum absolute atomic E-state index is 0.0574. The number of aryl methyl sites for hydroxylation is 2. The summed E-state index contributed by atoms with van der Waals surface area (Å²) in [6, 6.07) is 1.55. The van der Waals surface area contributed by atoms with Gasteiger partial charge in [-0.05, 0) is 45.1 Å². The Morgan fingerprint density at radius 1 is 1.41 bits per heavy atom. The highest BCUT2D eigenvalue weighted by Gasteiger charge is 2.52. The molecule has 1 unspecified atom stereocenters. The van der Waals surface area contributed by atoms with Crippen molar-refractivity contribution in [3.05, 3.63) is 11.8 Å². The third-order valence-corrected chi connectivity index (χ3v) is 7.05. The molecule has 1 spiro atoms. The summed E-state index contributed by atoms with van der Waals surface area (Å²) in [6.07, 6.45) is 3.80. The summed E-state index contributed by atoms with van der Waals surface area (Å²) in [4.78, 5) is 11.3. The fraction of sp³-hybridized carbons (Fsp3) is 0.714. The lowest BCUT2D eigenvalue weighted by Crippen LogP contribution is -2.61. The van der Waals surface area contributed by atoms with Crippen molar-refractivity contribution in [1.82, 2.24) is 14.1 Å². The Hall–Kier alpha value is -1.41. The lowest BCUT2D eigenvalue weighted by atomic mass is 9.70. The number of nitrogens with zero attached hydrogens (tertiary/aromatic N) is 3. The Morgan fingerprint density at radius 2 is 2.09 bits per heavy atom. The lowest BCUT2D eigenvalue weighted by Gasteiger charge is -2.53. The first-order chi connectivity index (χ1) is 10.3. The number of carbonyl (C=O) groups is 1. The van der Waals surface area contributed by atoms with E-state index in [2.05, 4.69) is 5.10 Å². The van der Waals surface area contributed by atoms with Gasteiger partial charge in [0.15, 0.2) is 5.03 Å². The van der Waals surface area contributed by atoms with Crippen LogP contribution in [-0.4, -0.2) is 45.7 Å². The van der Waals surface area contributed by atoms with E-state index in [9.17, 15) is 18.3 Å². The van der Waals surface area contributed by atoms with Crippen molar-refractivity contribution < 1.29 is 18.3 Å². The number of hydrogen-bond acceptors (Lipinski definition) is 4. The summed E-state index contributed by atoms with van der Waals surface area (Å²) in [7, 11) is -2.13. The van der Waals surface area contributed by atoms with Crippen LogP contribution in [0.3, 0.4) is 0 Å². The maximum atomic E-state index is 13.1. The third kappa shape index (κ3) is 2.25. The first kappa shape index (κ1) is 15.5. The smallest absolute Gasteiger partial charge is 0.307 e. The largest absolute Gasteiger partial charge is 0.481 e. The third-order valence-electron chi connectivity index (χ3n) is 5.02. The van der Waals surface area contributed by atoms with Gasteiger partial charge in [0.2, 0.25) is 0 Å². The number of hydrogen-bond donors (Lipinski definition) is 1. The van der Waals surface area contributed by atoms with Crippen LogP contribution in [0.25, 0.3) is 0 Å². The molecule has 1 saturated heterocycles. The Morgan fingerprint density at radius 3 is 2.55 bits per heavy atom. The first-order valence-corrected chi connectivity index (χ1v) is 8.97. The molecule has 0 radical (unpaired) electrons. The zero-order valence-electron chi connectivity index (χ0n) is 12.8. The van der Waals surface area contributed by atoms with Gasteiger partial charge in [-0.2, -0.15) is 9.40 Å². The predicted octanol–water partition coefficient (Wildman–Crippen LogP) is 1.14. The predicted molar refractivity (Wildman–Crippen MR) is 78.8 cm³/mol. The van der Waals surface area contributed by atoms with Crippen molar-refractivity contribution in [3.63, 3.8) is 0 Å². The molecule has 2 fully saturated rings. The van der Waals surface area contributed by atoms with Crippen molar-refractivity contribution in [3.8, 4) is 0 Å². The molecule has 0 amide bonds. The van der Waals surface area contributed by atoms with E-state index in [1.54, 1.807) is 20.0 Å². The molecule has 1 N–H and O–H groups in total. The summed E-state index contributed by atoms with van der Waals surface area (Å²) < 4.78 is 28.9. The van der Waals surface area contributed by atoms with E-state index in [0.29, 0.717) is 18.5 Å². The van der Waals surface area contributed by atoms with Crippen LogP contribution in [0.4, 0.5) is 0 Å². The maximum Gasteiger partial charge on any atom is 0.307 e. The Balaban J connectivity index is 2.01. The minimum Gasteiger partial charge on any atom is -0.481 e. The molecule has 0 bridgehead atoms. The molecule has 1 aromatic rings. The summed E-state index contributed by atoms with van der Waals surface area (Å²) in [5.41, 5.74) is 0.249. The van der Waals surface area contributed by atoms with Crippen molar-refractivity contribution >= 4 is 16.0 Å². The maximum absolute atomic E-state index is 13.1. The monoisotopic (exact) mass is 327 g/mol. The number of aromatic nitrogens is 2. The number of sulfonamides is 1. The highest BCUT2D eigenvalue weighted by atomic mass is 32.2. The SMILES string of the molecule is Cc1cc(S(=O)(=O)N2CC(C(=O)O)CCC23CCC3)n(C)n1. The Kier molecular flexibility index (Phi) is 3.56. The van der Waals surface area contributed by atoms with E-state index in [0.717, 1.165) is 19.3 Å². The number of carboxylic acid groups (broad SMARTS) is 1. The topological polar surface area (TPSA) is 92.5 Å². The van der Waals surface area contributed by atoms with E-state index in [4.69, 9.17) is 0 Å². The lowest BCUT2D eigenvalue weighted by molar-refractivity contribution is -0.144. The van der Waals surface area contributed by atoms with Gasteiger partial charge in [0.05, 0.1) is 11.6 Å². The quantitative estimate of drug-likeness (QED) is 0.898. The van der Waals surface area contributed by atoms with Gasteiger partial charge in [0.1, 0.15) is 0 Å². The molecule has 22 heavy (non-hydrogen) atoms. The molecule has 122 valence electrons. The van der Waals surface area contributed by atoms with E-state index >= 15 is 0 Å². The van der Waals surface area contributed by atoms with E-state index < -0.39 is 21.9 Å². The van der Waals surface area contributed by atoms with Gasteiger partial charge in [-0.1, -0.05) is 0 Å². The van der Waals surface area contributed by atoms with E-state index in [1.807, 2.05) is 0 Å². The molecule has 7 nitrogen and oxygen atoms in total. The van der Waals surface area contributed by atoms with Crippen molar-refractivity contribution in [1.29, 1.82) is 0 Å². The van der Waals surface area contributed by atoms with Crippen LogP contribution in [-0.2, 0) is 21.9 Å². The Bertz CT molecular complexity index is 706. The van der Waals surface area contributed by atoms with Crippen LogP contribution < -0.4 is 0 Å². The van der Waals surface area contributed by atoms with Gasteiger partial charge in [-0.15, -0.1) is 0 Å². The van der Waals surface area contributed by atoms with Gasteiger partial charge in [0, 0.05) is 19.1 Å². The van der Waals surface area contributed by atoms with Crippen LogP contribution in [0.1, 0.15) is 37.8 Å². The van der Waals surface area contributed by atoms with Crippen LogP contribution in [0, 0.1) is 12.8 Å². The molecule has 2 heterocycles. The molecular formula is C14H21N3O4S. The molecule has 1 aromatic heterocycles. The summed E-state index contributed by atoms with van der Waals surface area (Å²) in [6.45, 7) is 1.80. The highest BCUT2D eigenvalue weighted by Crippen LogP contribution is 2.47. The fourth-order valence-electron chi connectivity index (χ4n) is 3.63. The van der Waals surface area contributed by atoms with E-state index in [1.165, 1.54) is 8.99 Å². The molecule has 1 atom stereocenters. The minimum atomic E-state index is -3.74. The van der Waals surface area contributed by atoms with E-state index in [-0.39, 0.29) is 17.1 Å². The number of aliphatic carboxylic acids is 1. The van der Waals surface area contributed by atoms with Gasteiger partial charge in [0.25, 0.3) is 10.0 Å². The summed E-state index contributed by atoms with van der Waals surface area (Å²) in [5, 5.41) is 13.5. The number of piperidine rings is 1. The standard InChI is InChI=1S/C14H21N3O4S/c1-10-8-12(16(2)15-10)22(20,21)17-9-11(13(18)19)4-7-14(17)5-3-6-14/h8,11H,3-7,9H2,1-2H3,(H,18,19). The zero-order chi connectivity index (χ0) is 16.1. The van der Waals surface area contributed by atoms with Crippen LogP contribution in [0.5, 0.6) is 0 Å². The second kappa shape index (κ2) is 5.06. The van der Waals surface area contributed by atoms with Crippen LogP contribution >= 0.6 is 0 Å². The second-order valence-corrected chi connectivity index (χ2v) is 8.24. The van der Waals surface area contributed by atoms with Crippen molar-refractivity contribution in [2.75, 3.05) is 6.54 Å². The highest BCUT2D eigenvalue weighted by molar-refractivity contribution is 7.89. The summed E-state index contributed by atoms with van der Waals surface area (Å²) >= 11 is 0. The molecule has 8 heteroatoms. The average Bonchev–Trinajstić information content (AvgIpc) is 2.75. The van der Waals surface area contributed by atoms with Gasteiger partial charge >= 0.3 is 5.97 Å². The fourth-order valence-corrected chi connectivity index (χ4v) is 5.71. The molecule has 1 aliphatic carbocycles. The first-order valence-electron chi connectivity index (χ1n) is 7.53. The van der Waals surface area contributed by atoms with Gasteiger partial charge < -0.3 is 5.11 Å². The molecule has 3 rings (SSSR count). The molecule has 0 aromatic carbocycles. The molecule has 1 aliphatic heterocycles. The van der Waals surface area contributed by atoms with Gasteiger partial charge in [-0.3, -0.25) is 9.48 Å². The molecular weight excluding hydrogens is 306 g/mol. The number of carboxylic acids is 1. The summed E-state index contributed by atoms with van der Waals surface area (Å²) in [5.74, 6) is -1.55. The molecule has 1 saturated carbocycles. The molecule has 2 aliphatic rings. The average molecular weight is 327 g/mol. The van der Waals surface area contributed by atoms with Crippen LogP contribution in [0.15, 0.2) is 11.1 Å². The van der Waals surface area contributed by atoms with Crippen molar-refractivity contribution in [2.45, 2.75) is 49.6 Å². The number of rotatable bonds is 3. The van der Waals surface area contributed by atoms with Crippen molar-refractivity contribution in [2.24, 2.45) is 13.0 Å². The van der Waals surface area contributed by atoms with Crippen LogP contribution in [0.2, 0.25) is 0 Å². The second-order valence-electron chi connectivity index (χ2n) is 6.44. The van der Waals surface area contributed by atoms with Gasteiger partial charge in [-0.25, -0.2) is 8.42 Å². The Labute approximate surface area is 130 Å².